The molecular formula is C22H25NO5. The molecule has 3 rings (SSSR count). The summed E-state index contributed by atoms with van der Waals surface area (Å²) in [4.78, 5) is 17.7. The number of aliphatic hydroxyl groups excluding tert-OH is 1. The van der Waals surface area contributed by atoms with Gasteiger partial charge in [-0.05, 0) is 42.7 Å². The molecule has 0 saturated heterocycles. The van der Waals surface area contributed by atoms with E-state index in [0.29, 0.717) is 6.61 Å². The van der Waals surface area contributed by atoms with Gasteiger partial charge >= 0.3 is 6.09 Å². The molecule has 6 heteroatoms. The monoisotopic (exact) mass is 383 g/mol. The van der Waals surface area contributed by atoms with Crippen LogP contribution >= 0.6 is 0 Å². The Morgan fingerprint density at radius 3 is 2.25 bits per heavy atom. The van der Waals surface area contributed by atoms with Crippen LogP contribution in [0.25, 0.3) is 0 Å². The number of benzene rings is 2. The van der Waals surface area contributed by atoms with Crippen LogP contribution in [0.4, 0.5) is 4.79 Å². The highest BCUT2D eigenvalue weighted by molar-refractivity contribution is 5.67. The first-order chi connectivity index (χ1) is 13.5. The number of ether oxygens (including phenoxy) is 2. The first-order valence-corrected chi connectivity index (χ1v) is 9.26. The number of carbonyl (C=O) groups excluding carboxylic acids is 1. The second-order valence-electron chi connectivity index (χ2n) is 6.72. The highest BCUT2D eigenvalue weighted by atomic mass is 16.7. The third-order valence-corrected chi connectivity index (χ3v) is 4.39. The van der Waals surface area contributed by atoms with Crippen molar-refractivity contribution in [3.8, 4) is 5.75 Å². The molecule has 2 atom stereocenters. The molecule has 0 aliphatic carbocycles. The average Bonchev–Trinajstić information content (AvgIpc) is 2.73. The van der Waals surface area contributed by atoms with Gasteiger partial charge in [-0.25, -0.2) is 4.79 Å². The molecule has 1 heterocycles. The average molecular weight is 383 g/mol. The Morgan fingerprint density at radius 2 is 1.57 bits per heavy atom. The van der Waals surface area contributed by atoms with Gasteiger partial charge < -0.3 is 14.6 Å². The molecule has 0 bridgehead atoms. The molecule has 2 unspecified atom stereocenters. The Balaban J connectivity index is 1.47. The summed E-state index contributed by atoms with van der Waals surface area (Å²) in [6.45, 7) is 4.36. The topological polar surface area (TPSA) is 68.2 Å². The van der Waals surface area contributed by atoms with Crippen LogP contribution in [-0.2, 0) is 29.4 Å². The molecule has 0 saturated carbocycles. The number of carbonyl (C=O) groups is 1. The maximum absolute atomic E-state index is 12.2. The van der Waals surface area contributed by atoms with Crippen molar-refractivity contribution >= 4 is 6.09 Å². The lowest BCUT2D eigenvalue weighted by atomic mass is 10.1. The maximum Gasteiger partial charge on any atom is 0.434 e. The molecule has 2 aromatic carbocycles. The molecule has 1 N–H and O–H groups in total. The summed E-state index contributed by atoms with van der Waals surface area (Å²) >= 11 is 0. The van der Waals surface area contributed by atoms with Crippen LogP contribution in [0.5, 0.6) is 5.75 Å². The summed E-state index contributed by atoms with van der Waals surface area (Å²) < 4.78 is 11.1. The van der Waals surface area contributed by atoms with Gasteiger partial charge in [0.2, 0.25) is 0 Å². The van der Waals surface area contributed by atoms with Crippen LogP contribution < -0.4 is 4.74 Å². The highest BCUT2D eigenvalue weighted by Gasteiger charge is 2.26. The van der Waals surface area contributed by atoms with E-state index in [1.165, 1.54) is 5.06 Å². The van der Waals surface area contributed by atoms with Crippen molar-refractivity contribution in [2.75, 3.05) is 0 Å². The van der Waals surface area contributed by atoms with Gasteiger partial charge in [0.05, 0.1) is 12.6 Å². The van der Waals surface area contributed by atoms with Crippen LogP contribution in [0.1, 0.15) is 30.5 Å². The van der Waals surface area contributed by atoms with Crippen molar-refractivity contribution in [1.82, 2.24) is 5.06 Å². The first kappa shape index (κ1) is 19.9. The van der Waals surface area contributed by atoms with Crippen LogP contribution in [0.2, 0.25) is 0 Å². The molecule has 0 spiro atoms. The summed E-state index contributed by atoms with van der Waals surface area (Å²) in [6, 6.07) is 14.9. The predicted octanol–water partition coefficient (Wildman–Crippen LogP) is 3.97. The van der Waals surface area contributed by atoms with Crippen LogP contribution in [-0.4, -0.2) is 28.4 Å². The molecule has 1 amide bonds. The van der Waals surface area contributed by atoms with Gasteiger partial charge in [-0.1, -0.05) is 48.6 Å². The number of hydrogen-bond acceptors (Lipinski definition) is 5. The summed E-state index contributed by atoms with van der Waals surface area (Å²) in [5.74, 6) is 0.730. The molecule has 6 nitrogen and oxygen atoms in total. The van der Waals surface area contributed by atoms with E-state index in [4.69, 9.17) is 19.4 Å². The largest absolute Gasteiger partial charge is 0.489 e. The zero-order valence-electron chi connectivity index (χ0n) is 16.1. The highest BCUT2D eigenvalue weighted by Crippen LogP contribution is 2.17. The van der Waals surface area contributed by atoms with E-state index in [0.717, 1.165) is 22.4 Å². The Bertz CT molecular complexity index is 801. The lowest BCUT2D eigenvalue weighted by molar-refractivity contribution is -0.176. The second kappa shape index (κ2) is 9.39. The fourth-order valence-electron chi connectivity index (χ4n) is 2.71. The van der Waals surface area contributed by atoms with Crippen LogP contribution in [0, 0.1) is 0 Å². The Kier molecular flexibility index (Phi) is 6.68. The van der Waals surface area contributed by atoms with Gasteiger partial charge in [-0.2, -0.15) is 5.06 Å². The van der Waals surface area contributed by atoms with Crippen molar-refractivity contribution in [3.63, 3.8) is 0 Å². The van der Waals surface area contributed by atoms with Crippen LogP contribution in [0.15, 0.2) is 60.7 Å². The number of aliphatic hydroxyl groups is 1. The minimum atomic E-state index is -0.504. The van der Waals surface area contributed by atoms with E-state index in [9.17, 15) is 4.79 Å². The van der Waals surface area contributed by atoms with E-state index in [2.05, 4.69) is 0 Å². The minimum Gasteiger partial charge on any atom is -0.489 e. The fraction of sp³-hybridized carbons (Fsp3) is 0.318. The van der Waals surface area contributed by atoms with Crippen molar-refractivity contribution in [2.24, 2.45) is 0 Å². The molecule has 1 aliphatic rings. The normalized spacial score (nSPS) is 18.8. The number of nitrogens with zero attached hydrogens (tertiary/aromatic N) is 1. The van der Waals surface area contributed by atoms with E-state index in [1.54, 1.807) is 0 Å². The molecular weight excluding hydrogens is 358 g/mol. The number of amides is 1. The minimum absolute atomic E-state index is 0.0334. The Hall–Kier alpha value is -2.83. The third kappa shape index (κ3) is 5.34. The first-order valence-electron chi connectivity index (χ1n) is 9.26. The lowest BCUT2D eigenvalue weighted by Crippen LogP contribution is -2.42. The zero-order valence-corrected chi connectivity index (χ0v) is 16.1. The van der Waals surface area contributed by atoms with Gasteiger partial charge in [0, 0.05) is 0 Å². The van der Waals surface area contributed by atoms with E-state index in [-0.39, 0.29) is 25.4 Å². The summed E-state index contributed by atoms with van der Waals surface area (Å²) in [5.41, 5.74) is 2.76. The fourth-order valence-corrected chi connectivity index (χ4v) is 2.71. The summed E-state index contributed by atoms with van der Waals surface area (Å²) in [7, 11) is 0. The molecule has 0 fully saturated rings. The van der Waals surface area contributed by atoms with Crippen LogP contribution in [0.3, 0.4) is 0 Å². The summed E-state index contributed by atoms with van der Waals surface area (Å²) in [6.07, 6.45) is 3.17. The van der Waals surface area contributed by atoms with Gasteiger partial charge in [0.15, 0.2) is 0 Å². The van der Waals surface area contributed by atoms with Gasteiger partial charge in [0.1, 0.15) is 25.1 Å². The zero-order chi connectivity index (χ0) is 19.9. The van der Waals surface area contributed by atoms with Gasteiger partial charge in [-0.3, -0.25) is 4.84 Å². The van der Waals surface area contributed by atoms with Crippen molar-refractivity contribution in [1.29, 1.82) is 0 Å². The van der Waals surface area contributed by atoms with E-state index < -0.39 is 6.09 Å². The second-order valence-corrected chi connectivity index (χ2v) is 6.72. The number of rotatable bonds is 6. The molecule has 1 aliphatic heterocycles. The molecule has 148 valence electrons. The van der Waals surface area contributed by atoms with E-state index in [1.807, 2.05) is 74.5 Å². The predicted molar refractivity (Wildman–Crippen MR) is 104 cm³/mol. The lowest BCUT2D eigenvalue weighted by Gasteiger charge is -2.30. The quantitative estimate of drug-likeness (QED) is 0.765. The molecule has 0 radical (unpaired) electrons. The third-order valence-electron chi connectivity index (χ3n) is 4.39. The van der Waals surface area contributed by atoms with Gasteiger partial charge in [0.25, 0.3) is 0 Å². The number of hydrogen-bond donors (Lipinski definition) is 1. The molecule has 28 heavy (non-hydrogen) atoms. The van der Waals surface area contributed by atoms with Crippen molar-refractivity contribution in [3.05, 3.63) is 77.4 Å². The molecule has 2 aromatic rings. The summed E-state index contributed by atoms with van der Waals surface area (Å²) in [5, 5.41) is 10.3. The SMILES string of the molecule is CC1C=CC(C)N(C(=O)OCc2ccc(OCc3ccc(CO)cc3)cc2)O1. The smallest absolute Gasteiger partial charge is 0.434 e. The Morgan fingerprint density at radius 1 is 0.964 bits per heavy atom. The van der Waals surface area contributed by atoms with Gasteiger partial charge in [-0.15, -0.1) is 0 Å². The number of hydroxylamine groups is 2. The maximum atomic E-state index is 12.2. The van der Waals surface area contributed by atoms with E-state index >= 15 is 0 Å². The van der Waals surface area contributed by atoms with Crippen molar-refractivity contribution < 1.29 is 24.2 Å². The standard InChI is InChI=1S/C22H25NO5/c1-16-3-4-17(2)28-23(16)22(25)27-15-20-9-11-21(12-10-20)26-14-19-7-5-18(13-24)6-8-19/h3-12,16-17,24H,13-15H2,1-2H3. The Labute approximate surface area is 164 Å². The van der Waals surface area contributed by atoms with Crippen molar-refractivity contribution in [2.45, 2.75) is 45.8 Å². The molecule has 0 aromatic heterocycles.